The maximum atomic E-state index is 10.4. The molecular formula is C18H19NO3. The minimum Gasteiger partial charge on any atom is -0.504 e. The zero-order valence-electron chi connectivity index (χ0n) is 12.8. The molecule has 1 aliphatic heterocycles. The molecule has 0 unspecified atom stereocenters. The molecule has 0 radical (unpaired) electrons. The van der Waals surface area contributed by atoms with Gasteiger partial charge in [-0.2, -0.15) is 0 Å². The lowest BCUT2D eigenvalue weighted by Crippen LogP contribution is -2.33. The molecule has 0 spiro atoms. The Balaban J connectivity index is 2.11. The molecule has 114 valence electrons. The predicted molar refractivity (Wildman–Crippen MR) is 84.8 cm³/mol. The number of rotatable bonds is 2. The van der Waals surface area contributed by atoms with Gasteiger partial charge in [0.15, 0.2) is 11.5 Å². The van der Waals surface area contributed by atoms with E-state index in [1.54, 1.807) is 14.2 Å². The molecule has 0 aromatic heterocycles. The first-order valence-corrected chi connectivity index (χ1v) is 7.57. The van der Waals surface area contributed by atoms with Crippen LogP contribution >= 0.6 is 0 Å². The molecule has 2 N–H and O–H groups in total. The highest BCUT2D eigenvalue weighted by molar-refractivity contribution is 5.86. The number of benzene rings is 2. The number of hydrogen-bond acceptors (Lipinski definition) is 4. The number of phenols is 1. The van der Waals surface area contributed by atoms with Gasteiger partial charge in [-0.15, -0.1) is 0 Å². The van der Waals surface area contributed by atoms with Crippen molar-refractivity contribution >= 4 is 0 Å². The molecule has 22 heavy (non-hydrogen) atoms. The van der Waals surface area contributed by atoms with Gasteiger partial charge in [-0.05, 0) is 48.2 Å². The highest BCUT2D eigenvalue weighted by Gasteiger charge is 2.34. The molecule has 2 aromatic carbocycles. The van der Waals surface area contributed by atoms with Crippen LogP contribution in [0, 0.1) is 0 Å². The summed E-state index contributed by atoms with van der Waals surface area (Å²) in [5.74, 6) is 1.57. The monoisotopic (exact) mass is 297 g/mol. The zero-order valence-corrected chi connectivity index (χ0v) is 12.8. The summed E-state index contributed by atoms with van der Waals surface area (Å²) in [6, 6.07) is 8.23. The Labute approximate surface area is 129 Å². The Morgan fingerprint density at radius 1 is 1.14 bits per heavy atom. The average Bonchev–Trinajstić information content (AvgIpc) is 2.54. The number of aromatic hydroxyl groups is 1. The molecular weight excluding hydrogens is 278 g/mol. The smallest absolute Gasteiger partial charge is 0.168 e. The van der Waals surface area contributed by atoms with Crippen LogP contribution in [0.1, 0.15) is 22.7 Å². The van der Waals surface area contributed by atoms with Gasteiger partial charge in [-0.3, -0.25) is 0 Å². The maximum Gasteiger partial charge on any atom is 0.168 e. The third kappa shape index (κ3) is 1.74. The molecule has 4 rings (SSSR count). The number of methoxy groups -OCH3 is 2. The predicted octanol–water partition coefficient (Wildman–Crippen LogP) is 2.82. The molecule has 0 fully saturated rings. The standard InChI is InChI=1S/C18H19NO3/c1-21-14-5-3-4-10-8-12-15-11(6-7-19-12)9-13(20)18(22-2)17(15)16(10)14/h3-5,9,12,19-20H,6-8H2,1-2H3/t12-/m1/s1. The number of hydrogen-bond donors (Lipinski definition) is 2. The van der Waals surface area contributed by atoms with E-state index in [4.69, 9.17) is 9.47 Å². The van der Waals surface area contributed by atoms with E-state index in [1.807, 2.05) is 18.2 Å². The Morgan fingerprint density at radius 2 is 2.00 bits per heavy atom. The van der Waals surface area contributed by atoms with Crippen molar-refractivity contribution in [2.75, 3.05) is 20.8 Å². The van der Waals surface area contributed by atoms with Crippen LogP contribution < -0.4 is 14.8 Å². The zero-order chi connectivity index (χ0) is 15.3. The summed E-state index contributed by atoms with van der Waals surface area (Å²) in [7, 11) is 3.29. The van der Waals surface area contributed by atoms with Crippen LogP contribution in [0.5, 0.6) is 17.2 Å². The van der Waals surface area contributed by atoms with Crippen LogP contribution in [0.2, 0.25) is 0 Å². The highest BCUT2D eigenvalue weighted by atomic mass is 16.5. The minimum atomic E-state index is 0.204. The molecule has 4 nitrogen and oxygen atoms in total. The Morgan fingerprint density at radius 3 is 2.77 bits per heavy atom. The summed E-state index contributed by atoms with van der Waals surface area (Å²) in [5.41, 5.74) is 5.70. The molecule has 0 amide bonds. The number of ether oxygens (including phenoxy) is 2. The second kappa shape index (κ2) is 4.92. The van der Waals surface area contributed by atoms with Gasteiger partial charge in [-0.25, -0.2) is 0 Å². The minimum absolute atomic E-state index is 0.204. The molecule has 4 heteroatoms. The Kier molecular flexibility index (Phi) is 3.01. The molecule has 0 bridgehead atoms. The first-order chi connectivity index (χ1) is 10.7. The van der Waals surface area contributed by atoms with Crippen molar-refractivity contribution < 1.29 is 14.6 Å². The second-order valence-electron chi connectivity index (χ2n) is 5.83. The third-order valence-electron chi connectivity index (χ3n) is 4.73. The van der Waals surface area contributed by atoms with E-state index in [1.165, 1.54) is 16.7 Å². The maximum absolute atomic E-state index is 10.4. The molecule has 0 saturated heterocycles. The molecule has 2 aliphatic rings. The van der Waals surface area contributed by atoms with Gasteiger partial charge in [0.1, 0.15) is 5.75 Å². The molecule has 1 aliphatic carbocycles. The van der Waals surface area contributed by atoms with Crippen LogP contribution in [-0.4, -0.2) is 25.9 Å². The Bertz CT molecular complexity index is 754. The molecule has 0 saturated carbocycles. The van der Waals surface area contributed by atoms with Crippen LogP contribution in [0.25, 0.3) is 11.1 Å². The summed E-state index contributed by atoms with van der Waals surface area (Å²) in [5, 5.41) is 14.0. The van der Waals surface area contributed by atoms with Crippen molar-refractivity contribution in [1.82, 2.24) is 5.32 Å². The van der Waals surface area contributed by atoms with Crippen LogP contribution in [0.15, 0.2) is 24.3 Å². The lowest BCUT2D eigenvalue weighted by Gasteiger charge is -2.35. The summed E-state index contributed by atoms with van der Waals surface area (Å²) in [6.45, 7) is 0.933. The number of nitrogens with one attached hydrogen (secondary N) is 1. The van der Waals surface area contributed by atoms with Gasteiger partial charge in [0.05, 0.1) is 14.2 Å². The van der Waals surface area contributed by atoms with Crippen molar-refractivity contribution in [3.63, 3.8) is 0 Å². The van der Waals surface area contributed by atoms with Gasteiger partial charge in [-0.1, -0.05) is 12.1 Å². The third-order valence-corrected chi connectivity index (χ3v) is 4.73. The van der Waals surface area contributed by atoms with E-state index < -0.39 is 0 Å². The quantitative estimate of drug-likeness (QED) is 0.895. The van der Waals surface area contributed by atoms with E-state index in [0.29, 0.717) is 5.75 Å². The fraction of sp³-hybridized carbons (Fsp3) is 0.333. The lowest BCUT2D eigenvalue weighted by molar-refractivity contribution is 0.369. The average molecular weight is 297 g/mol. The number of phenolic OH excluding ortho intramolecular Hbond substituents is 1. The normalized spacial score (nSPS) is 18.4. The van der Waals surface area contributed by atoms with Crippen molar-refractivity contribution in [2.24, 2.45) is 0 Å². The summed E-state index contributed by atoms with van der Waals surface area (Å²) in [6.07, 6.45) is 1.85. The first-order valence-electron chi connectivity index (χ1n) is 7.57. The SMILES string of the molecule is COc1cccc2c1-c1c(OC)c(O)cc3c1[C@@H](C2)NCC3. The van der Waals surface area contributed by atoms with Crippen molar-refractivity contribution in [2.45, 2.75) is 18.9 Å². The largest absolute Gasteiger partial charge is 0.504 e. The van der Waals surface area contributed by atoms with E-state index in [9.17, 15) is 5.11 Å². The van der Waals surface area contributed by atoms with E-state index >= 15 is 0 Å². The van der Waals surface area contributed by atoms with Crippen LogP contribution in [0.4, 0.5) is 0 Å². The van der Waals surface area contributed by atoms with Gasteiger partial charge in [0, 0.05) is 17.2 Å². The van der Waals surface area contributed by atoms with Crippen LogP contribution in [-0.2, 0) is 12.8 Å². The fourth-order valence-corrected chi connectivity index (χ4v) is 3.86. The van der Waals surface area contributed by atoms with Gasteiger partial charge >= 0.3 is 0 Å². The topological polar surface area (TPSA) is 50.7 Å². The molecule has 2 aromatic rings. The van der Waals surface area contributed by atoms with E-state index in [-0.39, 0.29) is 11.8 Å². The fourth-order valence-electron chi connectivity index (χ4n) is 3.86. The van der Waals surface area contributed by atoms with Crippen molar-refractivity contribution in [3.05, 3.63) is 41.0 Å². The summed E-state index contributed by atoms with van der Waals surface area (Å²) in [4.78, 5) is 0. The van der Waals surface area contributed by atoms with E-state index in [2.05, 4.69) is 11.4 Å². The van der Waals surface area contributed by atoms with Crippen LogP contribution in [0.3, 0.4) is 0 Å². The van der Waals surface area contributed by atoms with E-state index in [0.717, 1.165) is 36.3 Å². The highest BCUT2D eigenvalue weighted by Crippen LogP contribution is 2.52. The Hall–Kier alpha value is -2.20. The molecule has 1 atom stereocenters. The lowest BCUT2D eigenvalue weighted by atomic mass is 9.77. The molecule has 1 heterocycles. The second-order valence-corrected chi connectivity index (χ2v) is 5.83. The first kappa shape index (κ1) is 13.5. The summed E-state index contributed by atoms with van der Waals surface area (Å²) >= 11 is 0. The number of fused-ring (bicyclic) bond motifs is 2. The van der Waals surface area contributed by atoms with Crippen molar-refractivity contribution in [3.8, 4) is 28.4 Å². The summed E-state index contributed by atoms with van der Waals surface area (Å²) < 4.78 is 11.1. The van der Waals surface area contributed by atoms with Gasteiger partial charge in [0.2, 0.25) is 0 Å². The van der Waals surface area contributed by atoms with Gasteiger partial charge < -0.3 is 19.9 Å². The van der Waals surface area contributed by atoms with Gasteiger partial charge in [0.25, 0.3) is 0 Å². The van der Waals surface area contributed by atoms with Crippen molar-refractivity contribution in [1.29, 1.82) is 0 Å².